The van der Waals surface area contributed by atoms with Gasteiger partial charge in [-0.2, -0.15) is 0 Å². The molecule has 0 atom stereocenters. The maximum atomic E-state index is 2.41. The number of rotatable bonds is 0. The molecule has 0 saturated carbocycles. The van der Waals surface area contributed by atoms with E-state index in [-0.39, 0.29) is 0 Å². The summed E-state index contributed by atoms with van der Waals surface area (Å²) in [6.45, 7) is 0. The van der Waals surface area contributed by atoms with Crippen LogP contribution in [0.25, 0.3) is 0 Å². The summed E-state index contributed by atoms with van der Waals surface area (Å²) in [7, 11) is 0. The predicted octanol–water partition coefficient (Wildman–Crippen LogP) is 6.57. The Kier molecular flexibility index (Phi) is 11.2. The molecule has 0 aromatic heterocycles. The Balaban J connectivity index is 2.12. The summed E-state index contributed by atoms with van der Waals surface area (Å²) >= 11 is 0. The van der Waals surface area contributed by atoms with Crippen LogP contribution in [-0.4, -0.2) is 0 Å². The van der Waals surface area contributed by atoms with E-state index in [1.165, 1.54) is 89.9 Å². The minimum Gasteiger partial charge on any atom is -0.0885 e. The lowest BCUT2D eigenvalue weighted by atomic mass is 10.1. The monoisotopic (exact) mass is 248 g/mol. The Labute approximate surface area is 115 Å². The van der Waals surface area contributed by atoms with Gasteiger partial charge in [-0.3, -0.25) is 0 Å². The first kappa shape index (κ1) is 15.5. The van der Waals surface area contributed by atoms with Gasteiger partial charge in [0.05, 0.1) is 0 Å². The second-order valence-electron chi connectivity index (χ2n) is 5.63. The van der Waals surface area contributed by atoms with E-state index >= 15 is 0 Å². The highest BCUT2D eigenvalue weighted by Crippen LogP contribution is 2.11. The third kappa shape index (κ3) is 10.6. The van der Waals surface area contributed by atoms with Crippen LogP contribution in [0.15, 0.2) is 24.3 Å². The molecule has 0 amide bonds. The van der Waals surface area contributed by atoms with Gasteiger partial charge in [0.15, 0.2) is 0 Å². The highest BCUT2D eigenvalue weighted by atomic mass is 14.0. The Morgan fingerprint density at radius 2 is 0.500 bits per heavy atom. The molecule has 0 spiro atoms. The summed E-state index contributed by atoms with van der Waals surface area (Å²) in [4.78, 5) is 0. The van der Waals surface area contributed by atoms with Crippen molar-refractivity contribution in [2.24, 2.45) is 0 Å². The zero-order valence-corrected chi connectivity index (χ0v) is 12.2. The molecular formula is C18H32. The van der Waals surface area contributed by atoms with E-state index in [1.54, 1.807) is 0 Å². The van der Waals surface area contributed by atoms with Gasteiger partial charge in [0.1, 0.15) is 0 Å². The SMILES string of the molecule is C1=C\CCCCCCCCC/C=C/CCCCC/1. The molecule has 0 bridgehead atoms. The van der Waals surface area contributed by atoms with E-state index in [2.05, 4.69) is 24.3 Å². The number of hydrogen-bond acceptors (Lipinski definition) is 0. The second-order valence-corrected chi connectivity index (χ2v) is 5.63. The van der Waals surface area contributed by atoms with Crippen molar-refractivity contribution in [2.45, 2.75) is 89.9 Å². The van der Waals surface area contributed by atoms with Crippen molar-refractivity contribution in [1.82, 2.24) is 0 Å². The third-order valence-electron chi connectivity index (χ3n) is 3.82. The van der Waals surface area contributed by atoms with Gasteiger partial charge in [-0.1, -0.05) is 62.8 Å². The summed E-state index contributed by atoms with van der Waals surface area (Å²) in [5, 5.41) is 0. The first-order chi connectivity index (χ1) is 9.00. The van der Waals surface area contributed by atoms with Crippen molar-refractivity contribution in [3.8, 4) is 0 Å². The quantitative estimate of drug-likeness (QED) is 0.425. The minimum absolute atomic E-state index is 1.30. The third-order valence-corrected chi connectivity index (χ3v) is 3.82. The molecule has 1 aliphatic rings. The fraction of sp³-hybridized carbons (Fsp3) is 0.778. The first-order valence-corrected chi connectivity index (χ1v) is 8.30. The van der Waals surface area contributed by atoms with Gasteiger partial charge in [0.25, 0.3) is 0 Å². The molecule has 0 unspecified atom stereocenters. The van der Waals surface area contributed by atoms with Gasteiger partial charge in [-0.15, -0.1) is 0 Å². The van der Waals surface area contributed by atoms with Crippen molar-refractivity contribution in [3.05, 3.63) is 24.3 Å². The Morgan fingerprint density at radius 3 is 0.833 bits per heavy atom. The molecule has 104 valence electrons. The standard InChI is InChI=1S/C18H32/c1-2-4-6-8-10-12-14-16-18-17-15-13-11-9-7-5-3-1/h1-2,13,15H,3-12,14,16-18H2/b2-1-,15-13+. The Hall–Kier alpha value is -0.520. The van der Waals surface area contributed by atoms with E-state index in [1.807, 2.05) is 0 Å². The maximum Gasteiger partial charge on any atom is -0.0351 e. The molecule has 0 aliphatic heterocycles. The largest absolute Gasteiger partial charge is 0.0885 e. The zero-order chi connectivity index (χ0) is 12.7. The number of hydrogen-bond donors (Lipinski definition) is 0. The van der Waals surface area contributed by atoms with E-state index in [4.69, 9.17) is 0 Å². The highest BCUT2D eigenvalue weighted by Gasteiger charge is 1.92. The van der Waals surface area contributed by atoms with Crippen molar-refractivity contribution < 1.29 is 0 Å². The minimum atomic E-state index is 1.30. The Morgan fingerprint density at radius 1 is 0.278 bits per heavy atom. The zero-order valence-electron chi connectivity index (χ0n) is 12.2. The molecule has 0 heterocycles. The fourth-order valence-corrected chi connectivity index (χ4v) is 2.58. The molecule has 0 nitrogen and oxygen atoms in total. The Bertz CT molecular complexity index is 190. The van der Waals surface area contributed by atoms with E-state index in [0.717, 1.165) is 0 Å². The summed E-state index contributed by atoms with van der Waals surface area (Å²) in [5.41, 5.74) is 0. The maximum absolute atomic E-state index is 2.41. The molecule has 1 aliphatic carbocycles. The van der Waals surface area contributed by atoms with Crippen molar-refractivity contribution in [3.63, 3.8) is 0 Å². The molecule has 0 radical (unpaired) electrons. The second kappa shape index (κ2) is 12.9. The molecule has 0 aromatic carbocycles. The van der Waals surface area contributed by atoms with Crippen LogP contribution in [0.1, 0.15) is 89.9 Å². The van der Waals surface area contributed by atoms with Gasteiger partial charge in [-0.25, -0.2) is 0 Å². The molecule has 0 heteroatoms. The average molecular weight is 248 g/mol. The molecule has 1 rings (SSSR count). The van der Waals surface area contributed by atoms with Gasteiger partial charge in [0, 0.05) is 0 Å². The molecule has 18 heavy (non-hydrogen) atoms. The van der Waals surface area contributed by atoms with E-state index in [9.17, 15) is 0 Å². The lowest BCUT2D eigenvalue weighted by molar-refractivity contribution is 0.582. The molecule has 0 N–H and O–H groups in total. The fourth-order valence-electron chi connectivity index (χ4n) is 2.58. The van der Waals surface area contributed by atoms with Crippen LogP contribution in [-0.2, 0) is 0 Å². The van der Waals surface area contributed by atoms with Crippen LogP contribution in [0.5, 0.6) is 0 Å². The normalized spacial score (nSPS) is 25.8. The van der Waals surface area contributed by atoms with E-state index < -0.39 is 0 Å². The number of allylic oxidation sites excluding steroid dienone is 4. The molecule has 0 saturated heterocycles. The van der Waals surface area contributed by atoms with Crippen LogP contribution in [0.3, 0.4) is 0 Å². The van der Waals surface area contributed by atoms with Crippen LogP contribution in [0.4, 0.5) is 0 Å². The predicted molar refractivity (Wildman–Crippen MR) is 82.9 cm³/mol. The van der Waals surface area contributed by atoms with Crippen LogP contribution >= 0.6 is 0 Å². The summed E-state index contributed by atoms with van der Waals surface area (Å²) in [6.07, 6.45) is 29.0. The van der Waals surface area contributed by atoms with Crippen LogP contribution in [0.2, 0.25) is 0 Å². The van der Waals surface area contributed by atoms with Gasteiger partial charge in [-0.05, 0) is 51.4 Å². The topological polar surface area (TPSA) is 0 Å². The summed E-state index contributed by atoms with van der Waals surface area (Å²) < 4.78 is 0. The van der Waals surface area contributed by atoms with Gasteiger partial charge in [0.2, 0.25) is 0 Å². The van der Waals surface area contributed by atoms with Crippen molar-refractivity contribution in [1.29, 1.82) is 0 Å². The average Bonchev–Trinajstić information content (AvgIpc) is 2.39. The lowest BCUT2D eigenvalue weighted by Crippen LogP contribution is -1.81. The van der Waals surface area contributed by atoms with Crippen molar-refractivity contribution in [2.75, 3.05) is 0 Å². The van der Waals surface area contributed by atoms with Crippen LogP contribution in [0, 0.1) is 0 Å². The molecule has 0 fully saturated rings. The summed E-state index contributed by atoms with van der Waals surface area (Å²) in [6, 6.07) is 0. The van der Waals surface area contributed by atoms with E-state index in [0.29, 0.717) is 0 Å². The van der Waals surface area contributed by atoms with Crippen LogP contribution < -0.4 is 0 Å². The van der Waals surface area contributed by atoms with Gasteiger partial charge < -0.3 is 0 Å². The smallest absolute Gasteiger partial charge is 0.0351 e. The highest BCUT2D eigenvalue weighted by molar-refractivity contribution is 4.83. The summed E-state index contributed by atoms with van der Waals surface area (Å²) in [5.74, 6) is 0. The first-order valence-electron chi connectivity index (χ1n) is 8.30. The molecule has 0 aromatic rings. The molecular weight excluding hydrogens is 216 g/mol. The van der Waals surface area contributed by atoms with Crippen molar-refractivity contribution >= 4 is 0 Å². The van der Waals surface area contributed by atoms with Gasteiger partial charge >= 0.3 is 0 Å². The lowest BCUT2D eigenvalue weighted by Gasteiger charge is -2.01.